The summed E-state index contributed by atoms with van der Waals surface area (Å²) in [6.07, 6.45) is 10.9. The molecule has 182 valence electrons. The summed E-state index contributed by atoms with van der Waals surface area (Å²) in [5.41, 5.74) is -1.92. The van der Waals surface area contributed by atoms with Gasteiger partial charge in [0.15, 0.2) is 5.76 Å². The summed E-state index contributed by atoms with van der Waals surface area (Å²) in [6.45, 7) is 1.01. The number of ether oxygens (including phenoxy) is 2. The van der Waals surface area contributed by atoms with Crippen LogP contribution in [0, 0.1) is 0 Å². The van der Waals surface area contributed by atoms with Crippen LogP contribution in [0.4, 0.5) is 0 Å². The molecule has 3 atom stereocenters. The molecule has 0 aromatic carbocycles. The zero-order chi connectivity index (χ0) is 23.1. The van der Waals surface area contributed by atoms with E-state index in [1.807, 2.05) is 0 Å². The molecule has 0 saturated heterocycles. The van der Waals surface area contributed by atoms with Gasteiger partial charge in [0.2, 0.25) is 11.4 Å². The van der Waals surface area contributed by atoms with Crippen molar-refractivity contribution in [1.82, 2.24) is 0 Å². The fourth-order valence-corrected chi connectivity index (χ4v) is 3.91. The average Bonchev–Trinajstić information content (AvgIpc) is 3.00. The van der Waals surface area contributed by atoms with E-state index in [1.54, 1.807) is 0 Å². The molecule has 0 aromatic rings. The first-order chi connectivity index (χ1) is 14.9. The van der Waals surface area contributed by atoms with Crippen molar-refractivity contribution in [1.29, 1.82) is 0 Å². The number of aliphatic hydroxyl groups is 5. The Bertz CT molecular complexity index is 536. The molecule has 0 aliphatic carbocycles. The smallest absolute Gasteiger partial charge is 0.378 e. The first-order valence-corrected chi connectivity index (χ1v) is 11.8. The number of hydrogen-bond acceptors (Lipinski definition) is 8. The van der Waals surface area contributed by atoms with Gasteiger partial charge in [-0.15, -0.1) is 0 Å². The van der Waals surface area contributed by atoms with Crippen LogP contribution in [0.5, 0.6) is 0 Å². The van der Waals surface area contributed by atoms with E-state index >= 15 is 0 Å². The van der Waals surface area contributed by atoms with Crippen molar-refractivity contribution in [3.63, 3.8) is 0 Å². The second-order valence-electron chi connectivity index (χ2n) is 8.43. The van der Waals surface area contributed by atoms with Crippen LogP contribution in [0.3, 0.4) is 0 Å². The maximum atomic E-state index is 11.9. The van der Waals surface area contributed by atoms with Crippen molar-refractivity contribution in [3.8, 4) is 0 Å². The van der Waals surface area contributed by atoms with Gasteiger partial charge in [0.05, 0.1) is 25.9 Å². The summed E-state index contributed by atoms with van der Waals surface area (Å²) in [4.78, 5) is 11.9. The van der Waals surface area contributed by atoms with Crippen LogP contribution >= 0.6 is 0 Å². The third kappa shape index (κ3) is 8.96. The molecule has 0 bridgehead atoms. The Kier molecular flexibility index (Phi) is 13.8. The summed E-state index contributed by atoms with van der Waals surface area (Å²) in [5.74, 6) is -2.17. The molecule has 0 amide bonds. The number of hydrogen-bond donors (Lipinski definition) is 5. The van der Waals surface area contributed by atoms with Gasteiger partial charge in [0.1, 0.15) is 6.10 Å². The second-order valence-corrected chi connectivity index (χ2v) is 8.43. The molecule has 1 unspecified atom stereocenters. The molecule has 0 saturated carbocycles. The lowest BCUT2D eigenvalue weighted by molar-refractivity contribution is -0.171. The Hall–Kier alpha value is -1.35. The molecule has 0 radical (unpaired) electrons. The van der Waals surface area contributed by atoms with Gasteiger partial charge in [-0.2, -0.15) is 0 Å². The second kappa shape index (κ2) is 15.5. The largest absolute Gasteiger partial charge is 0.499 e. The van der Waals surface area contributed by atoms with Crippen LogP contribution in [0.2, 0.25) is 0 Å². The highest BCUT2D eigenvalue weighted by Gasteiger charge is 2.55. The molecule has 0 spiro atoms. The van der Waals surface area contributed by atoms with Crippen LogP contribution in [-0.4, -0.2) is 69.1 Å². The van der Waals surface area contributed by atoms with Crippen molar-refractivity contribution in [3.05, 3.63) is 11.5 Å². The molecule has 1 aliphatic heterocycles. The van der Waals surface area contributed by atoms with Gasteiger partial charge in [-0.25, -0.2) is 4.79 Å². The van der Waals surface area contributed by atoms with Crippen molar-refractivity contribution < 1.29 is 39.8 Å². The minimum Gasteiger partial charge on any atom is -0.499 e. The van der Waals surface area contributed by atoms with Gasteiger partial charge in [0.25, 0.3) is 0 Å². The molecule has 8 heteroatoms. The third-order valence-electron chi connectivity index (χ3n) is 5.77. The van der Waals surface area contributed by atoms with Crippen LogP contribution in [0.25, 0.3) is 0 Å². The van der Waals surface area contributed by atoms with E-state index in [4.69, 9.17) is 14.6 Å². The molecule has 5 N–H and O–H groups in total. The summed E-state index contributed by atoms with van der Waals surface area (Å²) < 4.78 is 10.7. The van der Waals surface area contributed by atoms with E-state index in [2.05, 4.69) is 6.92 Å². The van der Waals surface area contributed by atoms with Crippen LogP contribution in [0.15, 0.2) is 11.5 Å². The first kappa shape index (κ1) is 27.7. The van der Waals surface area contributed by atoms with E-state index in [0.717, 1.165) is 19.3 Å². The Labute approximate surface area is 185 Å². The van der Waals surface area contributed by atoms with Crippen molar-refractivity contribution >= 4 is 5.97 Å². The maximum Gasteiger partial charge on any atom is 0.378 e. The molecular weight excluding hydrogens is 404 g/mol. The highest BCUT2D eigenvalue weighted by atomic mass is 16.6. The minimum atomic E-state index is -1.92. The molecule has 0 aromatic heterocycles. The first-order valence-electron chi connectivity index (χ1n) is 11.8. The summed E-state index contributed by atoms with van der Waals surface area (Å²) in [7, 11) is 0. The standard InChI is InChI=1S/C23H42O8/c1-2-3-4-5-6-7-8-9-10-11-12-13-14-30-21-20(28)22(29)31-23(21,19(27)17-25)15-18(26)16-24/h18-19,24-28H,2-17H2,1H3/t18?,19-,23+/m0/s1. The van der Waals surface area contributed by atoms with E-state index in [9.17, 15) is 25.2 Å². The van der Waals surface area contributed by atoms with E-state index < -0.39 is 49.2 Å². The minimum absolute atomic E-state index is 0.197. The number of cyclic esters (lactones) is 1. The molecule has 31 heavy (non-hydrogen) atoms. The summed E-state index contributed by atoms with van der Waals surface area (Å²) >= 11 is 0. The highest BCUT2D eigenvalue weighted by molar-refractivity contribution is 5.90. The third-order valence-corrected chi connectivity index (χ3v) is 5.77. The lowest BCUT2D eigenvalue weighted by Gasteiger charge is -2.34. The normalized spacial score (nSPS) is 20.7. The molecule has 1 aliphatic rings. The van der Waals surface area contributed by atoms with Gasteiger partial charge in [-0.05, 0) is 6.42 Å². The summed E-state index contributed by atoms with van der Waals surface area (Å²) in [6, 6.07) is 0. The Morgan fingerprint density at radius 3 is 1.87 bits per heavy atom. The lowest BCUT2D eigenvalue weighted by Crippen LogP contribution is -2.50. The van der Waals surface area contributed by atoms with E-state index in [-0.39, 0.29) is 12.4 Å². The molecular formula is C23H42O8. The average molecular weight is 447 g/mol. The predicted molar refractivity (Wildman–Crippen MR) is 116 cm³/mol. The molecule has 1 rings (SSSR count). The number of esters is 1. The number of carbonyl (C=O) groups is 1. The van der Waals surface area contributed by atoms with Crippen molar-refractivity contribution in [2.24, 2.45) is 0 Å². The predicted octanol–water partition coefficient (Wildman–Crippen LogP) is 2.87. The maximum absolute atomic E-state index is 11.9. The number of unbranched alkanes of at least 4 members (excludes halogenated alkanes) is 11. The fourth-order valence-electron chi connectivity index (χ4n) is 3.91. The van der Waals surface area contributed by atoms with Crippen LogP contribution < -0.4 is 0 Å². The number of rotatable bonds is 19. The van der Waals surface area contributed by atoms with Crippen molar-refractivity contribution in [2.75, 3.05) is 19.8 Å². The lowest BCUT2D eigenvalue weighted by atomic mass is 9.88. The quantitative estimate of drug-likeness (QED) is 0.151. The Morgan fingerprint density at radius 2 is 1.39 bits per heavy atom. The Morgan fingerprint density at radius 1 is 0.871 bits per heavy atom. The molecule has 8 nitrogen and oxygen atoms in total. The monoisotopic (exact) mass is 446 g/mol. The van der Waals surface area contributed by atoms with Crippen LogP contribution in [-0.2, 0) is 14.3 Å². The van der Waals surface area contributed by atoms with E-state index in [0.29, 0.717) is 6.42 Å². The zero-order valence-corrected chi connectivity index (χ0v) is 18.9. The van der Waals surface area contributed by atoms with Gasteiger partial charge in [0, 0.05) is 6.42 Å². The Balaban J connectivity index is 2.35. The fraction of sp³-hybridized carbons (Fsp3) is 0.870. The number of aliphatic hydroxyl groups excluding tert-OH is 5. The topological polar surface area (TPSA) is 137 Å². The van der Waals surface area contributed by atoms with Gasteiger partial charge < -0.3 is 35.0 Å². The number of carbonyl (C=O) groups excluding carboxylic acids is 1. The van der Waals surface area contributed by atoms with Crippen molar-refractivity contribution in [2.45, 2.75) is 108 Å². The van der Waals surface area contributed by atoms with Gasteiger partial charge >= 0.3 is 5.97 Å². The zero-order valence-electron chi connectivity index (χ0n) is 18.9. The molecule has 0 fully saturated rings. The van der Waals surface area contributed by atoms with Crippen LogP contribution in [0.1, 0.15) is 90.4 Å². The van der Waals surface area contributed by atoms with Gasteiger partial charge in [-0.3, -0.25) is 0 Å². The summed E-state index contributed by atoms with van der Waals surface area (Å²) in [5, 5.41) is 48.6. The molecule has 1 heterocycles. The SMILES string of the molecule is CCCCCCCCCCCCCCOC1=C(O)C(=O)O[C@]1(CC(O)CO)[C@@H](O)CO. The van der Waals surface area contributed by atoms with Gasteiger partial charge in [-0.1, -0.05) is 77.6 Å². The van der Waals surface area contributed by atoms with E-state index in [1.165, 1.54) is 51.4 Å². The highest BCUT2D eigenvalue weighted by Crippen LogP contribution is 2.39.